The minimum atomic E-state index is 0.194. The molecule has 2 nitrogen and oxygen atoms in total. The second-order valence-electron chi connectivity index (χ2n) is 3.78. The van der Waals surface area contributed by atoms with Gasteiger partial charge < -0.3 is 10.4 Å². The number of nitrogens with one attached hydrogen (secondary N) is 1. The van der Waals surface area contributed by atoms with E-state index in [-0.39, 0.29) is 5.54 Å². The topological polar surface area (TPSA) is 32.3 Å². The lowest BCUT2D eigenvalue weighted by molar-refractivity contribution is 0.193. The van der Waals surface area contributed by atoms with Crippen LogP contribution < -0.4 is 5.32 Å². The van der Waals surface area contributed by atoms with Crippen molar-refractivity contribution in [3.63, 3.8) is 0 Å². The molecule has 0 spiro atoms. The van der Waals surface area contributed by atoms with Gasteiger partial charge in [-0.2, -0.15) is 0 Å². The van der Waals surface area contributed by atoms with E-state index >= 15 is 0 Å². The molecule has 0 aliphatic carbocycles. The summed E-state index contributed by atoms with van der Waals surface area (Å²) >= 11 is 0. The van der Waals surface area contributed by atoms with Crippen molar-refractivity contribution in [3.8, 4) is 0 Å². The Morgan fingerprint density at radius 2 is 1.77 bits per heavy atom. The van der Waals surface area contributed by atoms with Crippen molar-refractivity contribution in [1.29, 1.82) is 0 Å². The molecule has 80 valence electrons. The molecule has 0 heterocycles. The molecule has 0 fully saturated rings. The predicted molar refractivity (Wildman–Crippen MR) is 57.9 cm³/mol. The number of hydrogen-bond acceptors (Lipinski definition) is 2. The van der Waals surface area contributed by atoms with Crippen molar-refractivity contribution in [3.05, 3.63) is 0 Å². The van der Waals surface area contributed by atoms with Gasteiger partial charge in [0, 0.05) is 12.1 Å². The Hall–Kier alpha value is -0.0800. The maximum absolute atomic E-state index is 9.02. The van der Waals surface area contributed by atoms with Crippen molar-refractivity contribution >= 4 is 0 Å². The van der Waals surface area contributed by atoms with Crippen LogP contribution in [0.1, 0.15) is 52.9 Å². The molecule has 0 aromatic rings. The van der Waals surface area contributed by atoms with Gasteiger partial charge in [-0.05, 0) is 32.2 Å². The highest BCUT2D eigenvalue weighted by atomic mass is 16.3. The smallest absolute Gasteiger partial charge is 0.0448 e. The fraction of sp³-hybridized carbons (Fsp3) is 1.00. The molecule has 0 saturated carbocycles. The predicted octanol–water partition coefficient (Wildman–Crippen LogP) is 2.32. The Balaban J connectivity index is 4.07. The minimum absolute atomic E-state index is 0.194. The SMILES string of the molecule is CCCNC(CC)(CCC)CCO. The van der Waals surface area contributed by atoms with Gasteiger partial charge in [-0.25, -0.2) is 0 Å². The lowest BCUT2D eigenvalue weighted by atomic mass is 9.87. The van der Waals surface area contributed by atoms with Crippen molar-refractivity contribution < 1.29 is 5.11 Å². The lowest BCUT2D eigenvalue weighted by Gasteiger charge is -2.33. The normalized spacial score (nSPS) is 15.7. The largest absolute Gasteiger partial charge is 0.396 e. The molecule has 2 N–H and O–H groups in total. The zero-order valence-electron chi connectivity index (χ0n) is 9.40. The molecular weight excluding hydrogens is 162 g/mol. The Labute approximate surface area is 82.7 Å². The maximum atomic E-state index is 9.02. The standard InChI is InChI=1S/C11H25NO/c1-4-7-11(6-3,8-10-13)12-9-5-2/h12-13H,4-10H2,1-3H3. The van der Waals surface area contributed by atoms with E-state index < -0.39 is 0 Å². The highest BCUT2D eigenvalue weighted by Crippen LogP contribution is 2.21. The van der Waals surface area contributed by atoms with Crippen LogP contribution in [-0.2, 0) is 0 Å². The van der Waals surface area contributed by atoms with Gasteiger partial charge in [0.2, 0.25) is 0 Å². The van der Waals surface area contributed by atoms with E-state index in [9.17, 15) is 0 Å². The van der Waals surface area contributed by atoms with Crippen LogP contribution in [0.4, 0.5) is 0 Å². The fourth-order valence-electron chi connectivity index (χ4n) is 1.86. The van der Waals surface area contributed by atoms with Gasteiger partial charge in [0.25, 0.3) is 0 Å². The van der Waals surface area contributed by atoms with E-state index in [1.165, 1.54) is 12.8 Å². The Bertz CT molecular complexity index is 109. The van der Waals surface area contributed by atoms with Crippen molar-refractivity contribution in [2.45, 2.75) is 58.4 Å². The summed E-state index contributed by atoms with van der Waals surface area (Å²) in [7, 11) is 0. The summed E-state index contributed by atoms with van der Waals surface area (Å²) < 4.78 is 0. The molecule has 2 heteroatoms. The number of aliphatic hydroxyl groups excluding tert-OH is 1. The molecule has 1 unspecified atom stereocenters. The molecule has 0 radical (unpaired) electrons. The minimum Gasteiger partial charge on any atom is -0.396 e. The third kappa shape index (κ3) is 4.63. The van der Waals surface area contributed by atoms with Gasteiger partial charge in [0.05, 0.1) is 0 Å². The summed E-state index contributed by atoms with van der Waals surface area (Å²) in [6.45, 7) is 7.94. The first kappa shape index (κ1) is 12.9. The van der Waals surface area contributed by atoms with Gasteiger partial charge >= 0.3 is 0 Å². The monoisotopic (exact) mass is 187 g/mol. The Kier molecular flexibility index (Phi) is 7.29. The van der Waals surface area contributed by atoms with Crippen LogP contribution >= 0.6 is 0 Å². The lowest BCUT2D eigenvalue weighted by Crippen LogP contribution is -2.45. The van der Waals surface area contributed by atoms with Crippen LogP contribution in [0.5, 0.6) is 0 Å². The average molecular weight is 187 g/mol. The summed E-state index contributed by atoms with van der Waals surface area (Å²) in [5, 5.41) is 12.6. The van der Waals surface area contributed by atoms with Crippen LogP contribution in [0.25, 0.3) is 0 Å². The average Bonchev–Trinajstić information content (AvgIpc) is 2.15. The molecule has 0 aliphatic rings. The zero-order valence-corrected chi connectivity index (χ0v) is 9.40. The molecule has 0 aliphatic heterocycles. The molecule has 0 rings (SSSR count). The molecule has 0 saturated heterocycles. The van der Waals surface area contributed by atoms with E-state index in [0.717, 1.165) is 25.8 Å². The van der Waals surface area contributed by atoms with Crippen LogP contribution in [-0.4, -0.2) is 23.8 Å². The second kappa shape index (κ2) is 7.34. The highest BCUT2D eigenvalue weighted by molar-refractivity contribution is 4.85. The molecular formula is C11H25NO. The highest BCUT2D eigenvalue weighted by Gasteiger charge is 2.24. The molecule has 13 heavy (non-hydrogen) atoms. The number of rotatable bonds is 8. The van der Waals surface area contributed by atoms with Crippen LogP contribution in [0, 0.1) is 0 Å². The third-order valence-corrected chi connectivity index (χ3v) is 2.75. The van der Waals surface area contributed by atoms with Crippen LogP contribution in [0.2, 0.25) is 0 Å². The first-order valence-electron chi connectivity index (χ1n) is 5.60. The Morgan fingerprint density at radius 1 is 1.08 bits per heavy atom. The summed E-state index contributed by atoms with van der Waals surface area (Å²) in [5.41, 5.74) is 0.194. The van der Waals surface area contributed by atoms with E-state index in [0.29, 0.717) is 6.61 Å². The summed E-state index contributed by atoms with van der Waals surface area (Å²) in [5.74, 6) is 0. The van der Waals surface area contributed by atoms with Gasteiger partial charge in [-0.3, -0.25) is 0 Å². The summed E-state index contributed by atoms with van der Waals surface area (Å²) in [4.78, 5) is 0. The van der Waals surface area contributed by atoms with E-state index in [4.69, 9.17) is 5.11 Å². The van der Waals surface area contributed by atoms with Gasteiger partial charge in [0.15, 0.2) is 0 Å². The molecule has 0 aromatic heterocycles. The second-order valence-corrected chi connectivity index (χ2v) is 3.78. The molecule has 0 bridgehead atoms. The van der Waals surface area contributed by atoms with Crippen molar-refractivity contribution in [2.24, 2.45) is 0 Å². The maximum Gasteiger partial charge on any atom is 0.0448 e. The van der Waals surface area contributed by atoms with Crippen molar-refractivity contribution in [1.82, 2.24) is 5.32 Å². The van der Waals surface area contributed by atoms with Gasteiger partial charge in [0.1, 0.15) is 0 Å². The summed E-state index contributed by atoms with van der Waals surface area (Å²) in [6.07, 6.45) is 5.52. The van der Waals surface area contributed by atoms with Gasteiger partial charge in [-0.15, -0.1) is 0 Å². The molecule has 0 amide bonds. The third-order valence-electron chi connectivity index (χ3n) is 2.75. The first-order valence-corrected chi connectivity index (χ1v) is 5.60. The van der Waals surface area contributed by atoms with E-state index in [1.807, 2.05) is 0 Å². The molecule has 0 aromatic carbocycles. The molecule has 1 atom stereocenters. The number of hydrogen-bond donors (Lipinski definition) is 2. The Morgan fingerprint density at radius 3 is 2.15 bits per heavy atom. The fourth-order valence-corrected chi connectivity index (χ4v) is 1.86. The van der Waals surface area contributed by atoms with Crippen LogP contribution in [0.15, 0.2) is 0 Å². The first-order chi connectivity index (χ1) is 6.24. The summed E-state index contributed by atoms with van der Waals surface area (Å²) in [6, 6.07) is 0. The van der Waals surface area contributed by atoms with Gasteiger partial charge in [-0.1, -0.05) is 27.2 Å². The van der Waals surface area contributed by atoms with E-state index in [2.05, 4.69) is 26.1 Å². The van der Waals surface area contributed by atoms with E-state index in [1.54, 1.807) is 0 Å². The quantitative estimate of drug-likeness (QED) is 0.611. The van der Waals surface area contributed by atoms with Crippen LogP contribution in [0.3, 0.4) is 0 Å². The zero-order chi connectivity index (χ0) is 10.2. The van der Waals surface area contributed by atoms with Crippen molar-refractivity contribution in [2.75, 3.05) is 13.2 Å². The number of aliphatic hydroxyl groups is 1.